The van der Waals surface area contributed by atoms with Crippen molar-refractivity contribution in [1.29, 1.82) is 0 Å². The molecule has 0 saturated carbocycles. The van der Waals surface area contributed by atoms with Crippen molar-refractivity contribution in [3.05, 3.63) is 34.9 Å². The maximum Gasteiger partial charge on any atom is 0.240 e. The molecule has 0 aromatic heterocycles. The minimum atomic E-state index is -0.806. The predicted octanol–water partition coefficient (Wildman–Crippen LogP) is 2.80. The molecule has 6 nitrogen and oxygen atoms in total. The number of aliphatic hydroxyl groups excluding tert-OH is 1. The van der Waals surface area contributed by atoms with Crippen LogP contribution in [0.5, 0.6) is 0 Å². The Kier molecular flexibility index (Phi) is 11.1. The standard InChI is InChI=1S/C18H29ClN4O2.HI/c1-6-20-17(23(5)12-16(25)22-18(2,3)4)21-11-15(24)13-9-7-8-10-14(13)19;/h7-10,15,24H,6,11-12H2,1-5H3,(H,20,21)(H,22,25);1H. The Labute approximate surface area is 178 Å². The smallest absolute Gasteiger partial charge is 0.240 e. The van der Waals surface area contributed by atoms with Gasteiger partial charge in [0.1, 0.15) is 6.10 Å². The van der Waals surface area contributed by atoms with Gasteiger partial charge in [0.15, 0.2) is 5.96 Å². The number of carbonyl (C=O) groups is 1. The number of amides is 1. The van der Waals surface area contributed by atoms with Crippen molar-refractivity contribution in [2.45, 2.75) is 39.3 Å². The van der Waals surface area contributed by atoms with Gasteiger partial charge in [0.05, 0.1) is 13.1 Å². The number of rotatable bonds is 6. The second kappa shape index (κ2) is 11.6. The quantitative estimate of drug-likeness (QED) is 0.322. The fourth-order valence-corrected chi connectivity index (χ4v) is 2.50. The Morgan fingerprint density at radius 3 is 2.50 bits per heavy atom. The molecule has 1 atom stereocenters. The number of guanidine groups is 1. The lowest BCUT2D eigenvalue weighted by Crippen LogP contribution is -2.48. The second-order valence-electron chi connectivity index (χ2n) is 6.89. The molecule has 1 rings (SSSR count). The maximum atomic E-state index is 12.1. The van der Waals surface area contributed by atoms with Gasteiger partial charge in [-0.2, -0.15) is 0 Å². The minimum Gasteiger partial charge on any atom is -0.386 e. The number of hydrogen-bond acceptors (Lipinski definition) is 3. The first kappa shape index (κ1) is 24.9. The number of nitrogens with zero attached hydrogens (tertiary/aromatic N) is 2. The Hall–Kier alpha value is -1.06. The van der Waals surface area contributed by atoms with E-state index < -0.39 is 6.10 Å². The molecule has 26 heavy (non-hydrogen) atoms. The zero-order valence-corrected chi connectivity index (χ0v) is 19.1. The van der Waals surface area contributed by atoms with Gasteiger partial charge in [-0.3, -0.25) is 9.79 Å². The minimum absolute atomic E-state index is 0. The molecule has 0 fully saturated rings. The lowest BCUT2D eigenvalue weighted by molar-refractivity contribution is -0.122. The molecule has 0 spiro atoms. The van der Waals surface area contributed by atoms with Crippen LogP contribution in [0.2, 0.25) is 5.02 Å². The highest BCUT2D eigenvalue weighted by atomic mass is 127. The summed E-state index contributed by atoms with van der Waals surface area (Å²) >= 11 is 6.10. The number of likely N-dealkylation sites (N-methyl/N-ethyl adjacent to an activating group) is 1. The molecule has 1 amide bonds. The Morgan fingerprint density at radius 1 is 1.35 bits per heavy atom. The average Bonchev–Trinajstić information content (AvgIpc) is 2.49. The van der Waals surface area contributed by atoms with E-state index in [0.29, 0.717) is 23.1 Å². The number of carbonyl (C=O) groups excluding carboxylic acids is 1. The topological polar surface area (TPSA) is 77.0 Å². The molecule has 8 heteroatoms. The van der Waals surface area contributed by atoms with E-state index in [9.17, 15) is 9.90 Å². The molecule has 1 unspecified atom stereocenters. The third kappa shape index (κ3) is 9.05. The summed E-state index contributed by atoms with van der Waals surface area (Å²) in [4.78, 5) is 18.2. The molecule has 0 aliphatic rings. The molecule has 1 aromatic carbocycles. The van der Waals surface area contributed by atoms with Gasteiger partial charge >= 0.3 is 0 Å². The molecule has 0 aliphatic heterocycles. The number of aliphatic hydroxyl groups is 1. The van der Waals surface area contributed by atoms with Gasteiger partial charge in [-0.1, -0.05) is 29.8 Å². The van der Waals surface area contributed by atoms with E-state index in [1.807, 2.05) is 39.8 Å². The van der Waals surface area contributed by atoms with Gasteiger partial charge in [-0.25, -0.2) is 0 Å². The van der Waals surface area contributed by atoms with E-state index in [1.165, 1.54) is 0 Å². The molecular weight excluding hydrogens is 467 g/mol. The lowest BCUT2D eigenvalue weighted by atomic mass is 10.1. The van der Waals surface area contributed by atoms with Crippen LogP contribution >= 0.6 is 35.6 Å². The summed E-state index contributed by atoms with van der Waals surface area (Å²) in [7, 11) is 1.78. The third-order valence-corrected chi connectivity index (χ3v) is 3.61. The average molecular weight is 497 g/mol. The number of aliphatic imine (C=N–C) groups is 1. The Balaban J connectivity index is 0.00000625. The molecule has 0 bridgehead atoms. The van der Waals surface area contributed by atoms with Gasteiger partial charge in [0.2, 0.25) is 5.91 Å². The van der Waals surface area contributed by atoms with Crippen LogP contribution in [0.1, 0.15) is 39.4 Å². The Morgan fingerprint density at radius 2 is 1.96 bits per heavy atom. The van der Waals surface area contributed by atoms with E-state index in [2.05, 4.69) is 15.6 Å². The van der Waals surface area contributed by atoms with Crippen molar-refractivity contribution < 1.29 is 9.90 Å². The molecular formula is C18H30ClIN4O2. The van der Waals surface area contributed by atoms with Crippen molar-refractivity contribution in [3.8, 4) is 0 Å². The fourth-order valence-electron chi connectivity index (χ4n) is 2.23. The third-order valence-electron chi connectivity index (χ3n) is 3.27. The normalized spacial score (nSPS) is 12.8. The zero-order chi connectivity index (χ0) is 19.0. The van der Waals surface area contributed by atoms with Gasteiger partial charge in [-0.15, -0.1) is 24.0 Å². The van der Waals surface area contributed by atoms with Crippen LogP contribution in [0, 0.1) is 0 Å². The van der Waals surface area contributed by atoms with Crippen LogP contribution in [0.25, 0.3) is 0 Å². The van der Waals surface area contributed by atoms with Crippen molar-refractivity contribution >= 4 is 47.4 Å². The van der Waals surface area contributed by atoms with Crippen molar-refractivity contribution in [3.63, 3.8) is 0 Å². The maximum absolute atomic E-state index is 12.1. The first-order chi connectivity index (χ1) is 11.6. The van der Waals surface area contributed by atoms with E-state index in [-0.39, 0.29) is 48.5 Å². The van der Waals surface area contributed by atoms with Crippen LogP contribution in [-0.2, 0) is 4.79 Å². The fraction of sp³-hybridized carbons (Fsp3) is 0.556. The summed E-state index contributed by atoms with van der Waals surface area (Å²) in [6.07, 6.45) is -0.806. The molecule has 1 aromatic rings. The largest absolute Gasteiger partial charge is 0.386 e. The van der Waals surface area contributed by atoms with Gasteiger partial charge in [0.25, 0.3) is 0 Å². The molecule has 3 N–H and O–H groups in total. The summed E-state index contributed by atoms with van der Waals surface area (Å²) in [5.74, 6) is 0.463. The van der Waals surface area contributed by atoms with Crippen molar-refractivity contribution in [2.24, 2.45) is 4.99 Å². The first-order valence-corrected chi connectivity index (χ1v) is 8.74. The molecule has 148 valence electrons. The number of benzene rings is 1. The summed E-state index contributed by atoms with van der Waals surface area (Å²) in [6.45, 7) is 8.73. The monoisotopic (exact) mass is 496 g/mol. The summed E-state index contributed by atoms with van der Waals surface area (Å²) in [5, 5.41) is 16.9. The Bertz CT molecular complexity index is 605. The predicted molar refractivity (Wildman–Crippen MR) is 118 cm³/mol. The van der Waals surface area contributed by atoms with E-state index >= 15 is 0 Å². The highest BCUT2D eigenvalue weighted by Crippen LogP contribution is 2.22. The van der Waals surface area contributed by atoms with Gasteiger partial charge in [0, 0.05) is 29.7 Å². The van der Waals surface area contributed by atoms with Gasteiger partial charge in [-0.05, 0) is 33.8 Å². The van der Waals surface area contributed by atoms with Crippen molar-refractivity contribution in [2.75, 3.05) is 26.7 Å². The van der Waals surface area contributed by atoms with E-state index in [1.54, 1.807) is 24.1 Å². The van der Waals surface area contributed by atoms with Crippen LogP contribution in [0.3, 0.4) is 0 Å². The zero-order valence-electron chi connectivity index (χ0n) is 16.0. The highest BCUT2D eigenvalue weighted by molar-refractivity contribution is 14.0. The number of hydrogen-bond donors (Lipinski definition) is 3. The van der Waals surface area contributed by atoms with Gasteiger partial charge < -0.3 is 20.6 Å². The van der Waals surface area contributed by atoms with Crippen LogP contribution < -0.4 is 10.6 Å². The van der Waals surface area contributed by atoms with E-state index in [0.717, 1.165) is 0 Å². The van der Waals surface area contributed by atoms with Crippen molar-refractivity contribution in [1.82, 2.24) is 15.5 Å². The molecule has 0 heterocycles. The summed E-state index contributed by atoms with van der Waals surface area (Å²) in [6, 6.07) is 7.14. The summed E-state index contributed by atoms with van der Waals surface area (Å²) < 4.78 is 0. The number of halogens is 2. The highest BCUT2D eigenvalue weighted by Gasteiger charge is 2.17. The van der Waals surface area contributed by atoms with E-state index in [4.69, 9.17) is 11.6 Å². The lowest BCUT2D eigenvalue weighted by Gasteiger charge is -2.25. The van der Waals surface area contributed by atoms with Crippen LogP contribution in [0.15, 0.2) is 29.3 Å². The second-order valence-corrected chi connectivity index (χ2v) is 7.29. The number of nitrogens with one attached hydrogen (secondary N) is 2. The summed E-state index contributed by atoms with van der Waals surface area (Å²) in [5.41, 5.74) is 0.352. The molecule has 0 saturated heterocycles. The SMILES string of the molecule is CCNC(=NCC(O)c1ccccc1Cl)N(C)CC(=O)NC(C)(C)C.I. The van der Waals surface area contributed by atoms with Crippen LogP contribution in [0.4, 0.5) is 0 Å². The van der Waals surface area contributed by atoms with Crippen LogP contribution in [-0.4, -0.2) is 54.1 Å². The molecule has 0 radical (unpaired) electrons. The molecule has 0 aliphatic carbocycles. The first-order valence-electron chi connectivity index (χ1n) is 8.37.